The van der Waals surface area contributed by atoms with Gasteiger partial charge in [0.2, 0.25) is 0 Å². The molecule has 6 nitrogen and oxygen atoms in total. The summed E-state index contributed by atoms with van der Waals surface area (Å²) in [5, 5.41) is 3.09. The highest BCUT2D eigenvalue weighted by atomic mass is 127. The first-order valence-corrected chi connectivity index (χ1v) is 8.17. The number of halogens is 1. The van der Waals surface area contributed by atoms with Crippen LogP contribution < -0.4 is 11.1 Å². The van der Waals surface area contributed by atoms with Crippen LogP contribution in [0.4, 0.5) is 0 Å². The Labute approximate surface area is 150 Å². The van der Waals surface area contributed by atoms with Crippen molar-refractivity contribution in [2.45, 2.75) is 57.3 Å². The summed E-state index contributed by atoms with van der Waals surface area (Å²) in [7, 11) is 0. The van der Waals surface area contributed by atoms with Gasteiger partial charge in [-0.15, -0.1) is 24.0 Å². The van der Waals surface area contributed by atoms with Gasteiger partial charge in [0.15, 0.2) is 11.7 Å². The first-order valence-electron chi connectivity index (χ1n) is 8.17. The van der Waals surface area contributed by atoms with Gasteiger partial charge >= 0.3 is 0 Å². The van der Waals surface area contributed by atoms with E-state index in [0.29, 0.717) is 19.1 Å². The summed E-state index contributed by atoms with van der Waals surface area (Å²) in [6.45, 7) is 5.46. The lowest BCUT2D eigenvalue weighted by atomic mass is 9.94. The van der Waals surface area contributed by atoms with Gasteiger partial charge in [-0.05, 0) is 26.2 Å². The highest BCUT2D eigenvalue weighted by Gasteiger charge is 2.41. The average Bonchev–Trinajstić information content (AvgIpc) is 2.88. The summed E-state index contributed by atoms with van der Waals surface area (Å²) in [5.74, 6) is 0.151. The first kappa shape index (κ1) is 19.9. The molecule has 1 spiro atoms. The standard InChI is InChI=1S/C15H29N3O3.HI/c1-2-19-10-6-9-17-14(16)18-11-13-12-20-15(21-13)7-4-3-5-8-15;/h13H,2-12H2,1H3,(H3,16,17,18);1H. The van der Waals surface area contributed by atoms with Crippen molar-refractivity contribution in [3.05, 3.63) is 0 Å². The fourth-order valence-electron chi connectivity index (χ4n) is 2.85. The van der Waals surface area contributed by atoms with Crippen LogP contribution in [0.2, 0.25) is 0 Å². The zero-order valence-electron chi connectivity index (χ0n) is 13.5. The fraction of sp³-hybridized carbons (Fsp3) is 0.933. The SMILES string of the molecule is CCOCCCNC(N)=NCC1COC2(CCCCC2)O1.I. The Bertz CT molecular complexity index is 336. The van der Waals surface area contributed by atoms with E-state index in [1.54, 1.807) is 0 Å². The van der Waals surface area contributed by atoms with Crippen molar-refractivity contribution in [1.82, 2.24) is 5.32 Å². The van der Waals surface area contributed by atoms with Crippen molar-refractivity contribution in [2.24, 2.45) is 10.7 Å². The molecule has 2 aliphatic rings. The molecule has 1 aliphatic heterocycles. The number of nitrogens with zero attached hydrogens (tertiary/aromatic N) is 1. The zero-order valence-corrected chi connectivity index (χ0v) is 15.8. The maximum absolute atomic E-state index is 6.07. The van der Waals surface area contributed by atoms with E-state index in [9.17, 15) is 0 Å². The molecule has 1 saturated carbocycles. The average molecular weight is 427 g/mol. The molecule has 1 heterocycles. The van der Waals surface area contributed by atoms with Gasteiger partial charge in [0.1, 0.15) is 6.10 Å². The quantitative estimate of drug-likeness (QED) is 0.281. The number of hydrogen-bond acceptors (Lipinski definition) is 4. The third-order valence-electron chi connectivity index (χ3n) is 3.97. The van der Waals surface area contributed by atoms with Gasteiger partial charge in [-0.2, -0.15) is 0 Å². The van der Waals surface area contributed by atoms with Gasteiger partial charge in [-0.25, -0.2) is 0 Å². The van der Waals surface area contributed by atoms with E-state index in [4.69, 9.17) is 19.9 Å². The van der Waals surface area contributed by atoms with Crippen LogP contribution >= 0.6 is 24.0 Å². The summed E-state index contributed by atoms with van der Waals surface area (Å²) in [5.41, 5.74) is 5.84. The molecule has 1 atom stereocenters. The van der Waals surface area contributed by atoms with Crippen LogP contribution in [0.25, 0.3) is 0 Å². The Morgan fingerprint density at radius 3 is 2.86 bits per heavy atom. The highest BCUT2D eigenvalue weighted by molar-refractivity contribution is 14.0. The maximum Gasteiger partial charge on any atom is 0.188 e. The predicted octanol–water partition coefficient (Wildman–Crippen LogP) is 2.01. The zero-order chi connectivity index (χ0) is 15.0. The summed E-state index contributed by atoms with van der Waals surface area (Å²) in [6, 6.07) is 0. The molecule has 1 unspecified atom stereocenters. The molecule has 0 radical (unpaired) electrons. The van der Waals surface area contributed by atoms with Crippen molar-refractivity contribution in [2.75, 3.05) is 32.9 Å². The molecule has 0 bridgehead atoms. The largest absolute Gasteiger partial charge is 0.382 e. The van der Waals surface area contributed by atoms with Crippen LogP contribution in [-0.2, 0) is 14.2 Å². The molecule has 0 aromatic heterocycles. The van der Waals surface area contributed by atoms with Gasteiger partial charge < -0.3 is 25.3 Å². The molecule has 0 aromatic rings. The molecule has 3 N–H and O–H groups in total. The Morgan fingerprint density at radius 1 is 1.36 bits per heavy atom. The predicted molar refractivity (Wildman–Crippen MR) is 97.7 cm³/mol. The van der Waals surface area contributed by atoms with Crippen LogP contribution in [-0.4, -0.2) is 50.8 Å². The number of guanidine groups is 1. The van der Waals surface area contributed by atoms with Crippen molar-refractivity contribution in [3.8, 4) is 0 Å². The lowest BCUT2D eigenvalue weighted by Gasteiger charge is -2.31. The number of ether oxygens (including phenoxy) is 3. The summed E-state index contributed by atoms with van der Waals surface area (Å²) < 4.78 is 17.2. The molecule has 7 heteroatoms. The lowest BCUT2D eigenvalue weighted by Crippen LogP contribution is -2.35. The fourth-order valence-corrected chi connectivity index (χ4v) is 2.85. The van der Waals surface area contributed by atoms with E-state index in [1.807, 2.05) is 6.92 Å². The van der Waals surface area contributed by atoms with Gasteiger partial charge in [0.25, 0.3) is 0 Å². The van der Waals surface area contributed by atoms with E-state index < -0.39 is 0 Å². The first-order chi connectivity index (χ1) is 10.2. The smallest absolute Gasteiger partial charge is 0.188 e. The maximum atomic E-state index is 6.07. The molecule has 2 rings (SSSR count). The molecule has 2 fully saturated rings. The van der Waals surface area contributed by atoms with Crippen molar-refractivity contribution in [3.63, 3.8) is 0 Å². The van der Waals surface area contributed by atoms with Crippen LogP contribution in [0.1, 0.15) is 45.4 Å². The molecular weight excluding hydrogens is 397 g/mol. The monoisotopic (exact) mass is 427 g/mol. The van der Waals surface area contributed by atoms with Gasteiger partial charge in [0.05, 0.1) is 13.2 Å². The summed E-state index contributed by atoms with van der Waals surface area (Å²) in [4.78, 5) is 4.34. The Morgan fingerprint density at radius 2 is 2.14 bits per heavy atom. The number of hydrogen-bond donors (Lipinski definition) is 2. The molecule has 0 amide bonds. The number of nitrogens with one attached hydrogen (secondary N) is 1. The van der Waals surface area contributed by atoms with Crippen molar-refractivity contribution < 1.29 is 14.2 Å². The van der Waals surface area contributed by atoms with Crippen LogP contribution in [0.5, 0.6) is 0 Å². The van der Waals surface area contributed by atoms with Crippen molar-refractivity contribution in [1.29, 1.82) is 0 Å². The minimum Gasteiger partial charge on any atom is -0.382 e. The van der Waals surface area contributed by atoms with E-state index in [-0.39, 0.29) is 35.9 Å². The van der Waals surface area contributed by atoms with E-state index in [1.165, 1.54) is 19.3 Å². The molecular formula is C15H30IN3O3. The second kappa shape index (κ2) is 10.6. The Balaban J connectivity index is 0.00000242. The topological polar surface area (TPSA) is 78.1 Å². The second-order valence-electron chi connectivity index (χ2n) is 5.73. The third-order valence-corrected chi connectivity index (χ3v) is 3.97. The van der Waals surface area contributed by atoms with E-state index in [2.05, 4.69) is 10.3 Å². The second-order valence-corrected chi connectivity index (χ2v) is 5.73. The molecule has 130 valence electrons. The van der Waals surface area contributed by atoms with Crippen LogP contribution in [0.3, 0.4) is 0 Å². The minimum absolute atomic E-state index is 0. The molecule has 0 aromatic carbocycles. The minimum atomic E-state index is -0.321. The van der Waals surface area contributed by atoms with Crippen molar-refractivity contribution >= 4 is 29.9 Å². The lowest BCUT2D eigenvalue weighted by molar-refractivity contribution is -0.186. The summed E-state index contributed by atoms with van der Waals surface area (Å²) in [6.07, 6.45) is 6.66. The third kappa shape index (κ3) is 6.55. The number of nitrogens with two attached hydrogens (primary N) is 1. The van der Waals surface area contributed by atoms with E-state index >= 15 is 0 Å². The van der Waals surface area contributed by atoms with Gasteiger partial charge in [-0.1, -0.05) is 6.42 Å². The Hall–Kier alpha value is -0.120. The molecule has 1 aliphatic carbocycles. The summed E-state index contributed by atoms with van der Waals surface area (Å²) >= 11 is 0. The highest BCUT2D eigenvalue weighted by Crippen LogP contribution is 2.37. The van der Waals surface area contributed by atoms with Crippen LogP contribution in [0, 0.1) is 0 Å². The Kier molecular flexibility index (Phi) is 9.62. The number of rotatable bonds is 7. The molecule has 22 heavy (non-hydrogen) atoms. The molecule has 1 saturated heterocycles. The normalized spacial score (nSPS) is 24.2. The van der Waals surface area contributed by atoms with Gasteiger partial charge in [-0.3, -0.25) is 4.99 Å². The van der Waals surface area contributed by atoms with Crippen LogP contribution in [0.15, 0.2) is 4.99 Å². The number of aliphatic imine (C=N–C) groups is 1. The van der Waals surface area contributed by atoms with E-state index in [0.717, 1.165) is 39.0 Å². The van der Waals surface area contributed by atoms with Gasteiger partial charge in [0, 0.05) is 32.6 Å².